The molecule has 0 radical (unpaired) electrons. The van der Waals surface area contributed by atoms with Crippen LogP contribution in [0.25, 0.3) is 4.85 Å². The molecule has 2 nitrogen and oxygen atoms in total. The molecule has 0 saturated heterocycles. The topological polar surface area (TPSA) is 16.7 Å². The lowest BCUT2D eigenvalue weighted by Crippen LogP contribution is -1.92. The van der Waals surface area contributed by atoms with Gasteiger partial charge in [0, 0.05) is 5.56 Å². The van der Waals surface area contributed by atoms with Crippen LogP contribution in [-0.2, 0) is 0 Å². The monoisotopic (exact) mass is 206 g/mol. The fourth-order valence-electron chi connectivity index (χ4n) is 1.37. The first-order chi connectivity index (χ1) is 7.90. The van der Waals surface area contributed by atoms with Crippen molar-refractivity contribution in [2.75, 3.05) is 0 Å². The van der Waals surface area contributed by atoms with Crippen molar-refractivity contribution in [1.82, 2.24) is 0 Å². The summed E-state index contributed by atoms with van der Waals surface area (Å²) >= 11 is 0. The van der Waals surface area contributed by atoms with Gasteiger partial charge in [0.15, 0.2) is 5.69 Å². The van der Waals surface area contributed by atoms with Crippen LogP contribution in [0.5, 0.6) is 0 Å². The molecule has 0 aliphatic rings. The zero-order valence-corrected chi connectivity index (χ0v) is 8.67. The highest BCUT2D eigenvalue weighted by Gasteiger charge is 2.02. The van der Waals surface area contributed by atoms with Crippen LogP contribution in [-0.4, -0.2) is 5.84 Å². The lowest BCUT2D eigenvalue weighted by atomic mass is 10.2. The lowest BCUT2D eigenvalue weighted by molar-refractivity contribution is 1.50. The number of amidine groups is 1. The smallest absolute Gasteiger partial charge is 0.277 e. The molecule has 0 heterocycles. The predicted molar refractivity (Wildman–Crippen MR) is 65.7 cm³/mol. The van der Waals surface area contributed by atoms with E-state index in [1.54, 1.807) is 0 Å². The SMILES string of the molecule is [C-]#[N+]C(=Nc1ccccc1)c1ccccc1. The molecule has 0 aliphatic carbocycles. The predicted octanol–water partition coefficient (Wildman–Crippen LogP) is 3.68. The molecule has 0 atom stereocenters. The fourth-order valence-corrected chi connectivity index (χ4v) is 1.37. The normalized spacial score (nSPS) is 10.8. The summed E-state index contributed by atoms with van der Waals surface area (Å²) < 4.78 is 0. The molecule has 2 rings (SSSR count). The summed E-state index contributed by atoms with van der Waals surface area (Å²) in [6.45, 7) is 7.14. The van der Waals surface area contributed by atoms with E-state index in [0.717, 1.165) is 11.3 Å². The van der Waals surface area contributed by atoms with Crippen LogP contribution in [0.1, 0.15) is 5.56 Å². The minimum absolute atomic E-state index is 0.423. The zero-order valence-electron chi connectivity index (χ0n) is 8.67. The van der Waals surface area contributed by atoms with E-state index in [-0.39, 0.29) is 0 Å². The summed E-state index contributed by atoms with van der Waals surface area (Å²) in [7, 11) is 0. The largest absolute Gasteiger partial charge is 0.360 e. The molecule has 2 aromatic rings. The molecule has 2 heteroatoms. The highest BCUT2D eigenvalue weighted by molar-refractivity contribution is 6.07. The second kappa shape index (κ2) is 4.90. The average Bonchev–Trinajstić information content (AvgIpc) is 2.38. The van der Waals surface area contributed by atoms with Crippen molar-refractivity contribution in [2.24, 2.45) is 4.99 Å². The van der Waals surface area contributed by atoms with Crippen molar-refractivity contribution in [3.05, 3.63) is 77.6 Å². The van der Waals surface area contributed by atoms with Gasteiger partial charge in [-0.2, -0.15) is 0 Å². The Labute approximate surface area is 94.7 Å². The fraction of sp³-hybridized carbons (Fsp3) is 0. The third-order valence-corrected chi connectivity index (χ3v) is 2.13. The number of nitrogens with zero attached hydrogens (tertiary/aromatic N) is 2. The molecule has 0 amide bonds. The second-order valence-corrected chi connectivity index (χ2v) is 3.25. The summed E-state index contributed by atoms with van der Waals surface area (Å²) in [6.07, 6.45) is 0. The molecule has 16 heavy (non-hydrogen) atoms. The molecule has 0 aromatic heterocycles. The van der Waals surface area contributed by atoms with Crippen molar-refractivity contribution < 1.29 is 0 Å². The van der Waals surface area contributed by atoms with Gasteiger partial charge >= 0.3 is 0 Å². The maximum Gasteiger partial charge on any atom is 0.277 e. The van der Waals surface area contributed by atoms with E-state index < -0.39 is 0 Å². The quantitative estimate of drug-likeness (QED) is 0.405. The summed E-state index contributed by atoms with van der Waals surface area (Å²) in [5.74, 6) is 0.423. The number of benzene rings is 2. The molecule has 0 unspecified atom stereocenters. The van der Waals surface area contributed by atoms with Crippen molar-refractivity contribution in [3.8, 4) is 0 Å². The highest BCUT2D eigenvalue weighted by Crippen LogP contribution is 2.13. The summed E-state index contributed by atoms with van der Waals surface area (Å²) in [5.41, 5.74) is 1.65. The van der Waals surface area contributed by atoms with Gasteiger partial charge in [-0.1, -0.05) is 55.1 Å². The third-order valence-electron chi connectivity index (χ3n) is 2.13. The Hall–Kier alpha value is -2.40. The van der Waals surface area contributed by atoms with Crippen molar-refractivity contribution in [3.63, 3.8) is 0 Å². The molecule has 0 fully saturated rings. The molecular weight excluding hydrogens is 196 g/mol. The van der Waals surface area contributed by atoms with E-state index in [0.29, 0.717) is 5.84 Å². The van der Waals surface area contributed by atoms with E-state index in [2.05, 4.69) is 9.84 Å². The molecule has 0 N–H and O–H groups in total. The summed E-state index contributed by atoms with van der Waals surface area (Å²) in [5, 5.41) is 0. The first-order valence-electron chi connectivity index (χ1n) is 4.97. The highest BCUT2D eigenvalue weighted by atomic mass is 14.9. The van der Waals surface area contributed by atoms with Gasteiger partial charge in [-0.15, -0.1) is 4.99 Å². The number of para-hydroxylation sites is 1. The van der Waals surface area contributed by atoms with Gasteiger partial charge in [-0.3, -0.25) is 0 Å². The Bertz CT molecular complexity index is 522. The van der Waals surface area contributed by atoms with Gasteiger partial charge in [0.05, 0.1) is 0 Å². The Balaban J connectivity index is 2.39. The number of hydrogen-bond acceptors (Lipinski definition) is 1. The molecule has 0 bridgehead atoms. The number of rotatable bonds is 2. The first kappa shape index (κ1) is 10.1. The van der Waals surface area contributed by atoms with E-state index in [4.69, 9.17) is 6.57 Å². The van der Waals surface area contributed by atoms with Gasteiger partial charge in [-0.05, 0) is 12.1 Å². The molecule has 0 spiro atoms. The zero-order chi connectivity index (χ0) is 11.2. The van der Waals surface area contributed by atoms with Gasteiger partial charge in [0.1, 0.15) is 0 Å². The Morgan fingerprint density at radius 1 is 0.875 bits per heavy atom. The first-order valence-corrected chi connectivity index (χ1v) is 4.97. The van der Waals surface area contributed by atoms with E-state index in [9.17, 15) is 0 Å². The van der Waals surface area contributed by atoms with Crippen LogP contribution in [0.4, 0.5) is 5.69 Å². The van der Waals surface area contributed by atoms with Gasteiger partial charge in [0.2, 0.25) is 0 Å². The van der Waals surface area contributed by atoms with Crippen LogP contribution >= 0.6 is 0 Å². The minimum Gasteiger partial charge on any atom is -0.360 e. The molecule has 0 saturated carbocycles. The summed E-state index contributed by atoms with van der Waals surface area (Å²) in [4.78, 5) is 7.76. The maximum absolute atomic E-state index is 7.14. The average molecular weight is 206 g/mol. The van der Waals surface area contributed by atoms with Crippen molar-refractivity contribution in [2.45, 2.75) is 0 Å². The maximum atomic E-state index is 7.14. The molecule has 76 valence electrons. The molecule has 0 aliphatic heterocycles. The Kier molecular flexibility index (Phi) is 3.10. The third kappa shape index (κ3) is 2.34. The second-order valence-electron chi connectivity index (χ2n) is 3.25. The van der Waals surface area contributed by atoms with E-state index >= 15 is 0 Å². The number of aliphatic imine (C=N–C) groups is 1. The minimum atomic E-state index is 0.423. The van der Waals surface area contributed by atoms with Gasteiger partial charge in [0.25, 0.3) is 5.84 Å². The van der Waals surface area contributed by atoms with Crippen LogP contribution in [0.2, 0.25) is 0 Å². The van der Waals surface area contributed by atoms with Crippen molar-refractivity contribution >= 4 is 11.5 Å². The Morgan fingerprint density at radius 2 is 1.44 bits per heavy atom. The number of hydrogen-bond donors (Lipinski definition) is 0. The van der Waals surface area contributed by atoms with Crippen molar-refractivity contribution in [1.29, 1.82) is 0 Å². The molecular formula is C14H10N2. The van der Waals surface area contributed by atoms with Crippen LogP contribution < -0.4 is 0 Å². The van der Waals surface area contributed by atoms with Gasteiger partial charge < -0.3 is 4.85 Å². The lowest BCUT2D eigenvalue weighted by Gasteiger charge is -1.96. The standard InChI is InChI=1S/C14H10N2/c1-15-14(12-8-4-2-5-9-12)16-13-10-6-3-7-11-13/h2-11H. The van der Waals surface area contributed by atoms with Crippen LogP contribution in [0, 0.1) is 6.57 Å². The van der Waals surface area contributed by atoms with E-state index in [1.165, 1.54) is 0 Å². The molecule has 2 aromatic carbocycles. The van der Waals surface area contributed by atoms with Gasteiger partial charge in [-0.25, -0.2) is 0 Å². The summed E-state index contributed by atoms with van der Waals surface area (Å²) in [6, 6.07) is 19.0. The Morgan fingerprint density at radius 3 is 2.00 bits per heavy atom. The van der Waals surface area contributed by atoms with E-state index in [1.807, 2.05) is 60.7 Å². The van der Waals surface area contributed by atoms with Crippen LogP contribution in [0.15, 0.2) is 65.7 Å². The van der Waals surface area contributed by atoms with Crippen LogP contribution in [0.3, 0.4) is 0 Å².